The number of aryl methyl sites for hydroxylation is 1. The molecule has 1 saturated heterocycles. The van der Waals surface area contributed by atoms with Crippen molar-refractivity contribution >= 4 is 11.5 Å². The highest BCUT2D eigenvalue weighted by molar-refractivity contribution is 5.63. The molecule has 0 spiro atoms. The Morgan fingerprint density at radius 2 is 1.78 bits per heavy atom. The summed E-state index contributed by atoms with van der Waals surface area (Å²) >= 11 is 0. The molecule has 0 atom stereocenters. The Hall–Kier alpha value is -1.29. The first kappa shape index (κ1) is 13.1. The van der Waals surface area contributed by atoms with Crippen molar-refractivity contribution in [3.8, 4) is 0 Å². The van der Waals surface area contributed by atoms with Crippen molar-refractivity contribution < 1.29 is 4.74 Å². The summed E-state index contributed by atoms with van der Waals surface area (Å²) in [6.45, 7) is 12.0. The average Bonchev–Trinajstić information content (AvgIpc) is 2.11. The lowest BCUT2D eigenvalue weighted by Crippen LogP contribution is -2.57. The average molecular weight is 249 g/mol. The number of nitrogens with two attached hydrogens (primary N) is 1. The standard InChI is InChI=1S/C14H23N3O/c1-10-6-11(15)12(16-7-10)17-8-13(2,3)18-14(4,5)9-17/h6-7H,8-9,15H2,1-5H3. The van der Waals surface area contributed by atoms with Crippen molar-refractivity contribution in [1.29, 1.82) is 0 Å². The van der Waals surface area contributed by atoms with Gasteiger partial charge in [-0.05, 0) is 46.2 Å². The highest BCUT2D eigenvalue weighted by Gasteiger charge is 2.39. The Balaban J connectivity index is 2.32. The van der Waals surface area contributed by atoms with Gasteiger partial charge in [-0.2, -0.15) is 0 Å². The summed E-state index contributed by atoms with van der Waals surface area (Å²) in [5.41, 5.74) is 7.52. The topological polar surface area (TPSA) is 51.4 Å². The molecule has 0 amide bonds. The summed E-state index contributed by atoms with van der Waals surface area (Å²) in [5, 5.41) is 0. The van der Waals surface area contributed by atoms with Crippen LogP contribution in [0.2, 0.25) is 0 Å². The number of nitrogen functional groups attached to an aromatic ring is 1. The van der Waals surface area contributed by atoms with Crippen molar-refractivity contribution in [1.82, 2.24) is 4.98 Å². The van der Waals surface area contributed by atoms with Crippen LogP contribution < -0.4 is 10.6 Å². The largest absolute Gasteiger partial charge is 0.396 e. The summed E-state index contributed by atoms with van der Waals surface area (Å²) < 4.78 is 6.07. The van der Waals surface area contributed by atoms with Crippen LogP contribution in [0.1, 0.15) is 33.3 Å². The number of aromatic nitrogens is 1. The Labute approximate surface area is 109 Å². The van der Waals surface area contributed by atoms with Crippen molar-refractivity contribution in [2.45, 2.75) is 45.8 Å². The summed E-state index contributed by atoms with van der Waals surface area (Å²) in [7, 11) is 0. The quantitative estimate of drug-likeness (QED) is 0.830. The van der Waals surface area contributed by atoms with Crippen LogP contribution in [-0.2, 0) is 4.74 Å². The van der Waals surface area contributed by atoms with E-state index >= 15 is 0 Å². The summed E-state index contributed by atoms with van der Waals surface area (Å²) in [6, 6.07) is 1.97. The monoisotopic (exact) mass is 249 g/mol. The number of anilines is 2. The lowest BCUT2D eigenvalue weighted by Gasteiger charge is -2.47. The maximum absolute atomic E-state index is 6.08. The first-order chi connectivity index (χ1) is 8.19. The summed E-state index contributed by atoms with van der Waals surface area (Å²) in [4.78, 5) is 6.70. The minimum Gasteiger partial charge on any atom is -0.396 e. The SMILES string of the molecule is Cc1cnc(N2CC(C)(C)OC(C)(C)C2)c(N)c1. The van der Waals surface area contributed by atoms with E-state index in [9.17, 15) is 0 Å². The molecule has 4 heteroatoms. The van der Waals surface area contributed by atoms with Gasteiger partial charge in [-0.25, -0.2) is 4.98 Å². The number of hydrogen-bond donors (Lipinski definition) is 1. The second kappa shape index (κ2) is 4.12. The molecule has 1 aliphatic rings. The molecule has 0 bridgehead atoms. The first-order valence-electron chi connectivity index (χ1n) is 6.36. The molecule has 0 saturated carbocycles. The Morgan fingerprint density at radius 3 is 2.28 bits per heavy atom. The van der Waals surface area contributed by atoms with Gasteiger partial charge in [0.15, 0.2) is 5.82 Å². The molecule has 0 aromatic carbocycles. The molecular formula is C14H23N3O. The van der Waals surface area contributed by atoms with E-state index in [1.165, 1.54) is 0 Å². The zero-order valence-corrected chi connectivity index (χ0v) is 11.9. The highest BCUT2D eigenvalue weighted by atomic mass is 16.5. The van der Waals surface area contributed by atoms with Crippen molar-refractivity contribution in [3.05, 3.63) is 17.8 Å². The smallest absolute Gasteiger partial charge is 0.151 e. The molecule has 0 unspecified atom stereocenters. The molecule has 100 valence electrons. The van der Waals surface area contributed by atoms with Crippen LogP contribution in [0.15, 0.2) is 12.3 Å². The lowest BCUT2D eigenvalue weighted by molar-refractivity contribution is -0.133. The Bertz CT molecular complexity index is 438. The fourth-order valence-corrected chi connectivity index (χ4v) is 2.79. The molecule has 2 heterocycles. The molecule has 4 nitrogen and oxygen atoms in total. The second-order valence-corrected chi connectivity index (χ2v) is 6.40. The first-order valence-corrected chi connectivity index (χ1v) is 6.36. The predicted octanol–water partition coefficient (Wildman–Crippen LogP) is 2.37. The van der Waals surface area contributed by atoms with Gasteiger partial charge in [0.2, 0.25) is 0 Å². The molecule has 18 heavy (non-hydrogen) atoms. The molecule has 2 N–H and O–H groups in total. The summed E-state index contributed by atoms with van der Waals surface area (Å²) in [5.74, 6) is 0.866. The third kappa shape index (κ3) is 2.75. The van der Waals surface area contributed by atoms with Crippen LogP contribution in [0.3, 0.4) is 0 Å². The number of morpholine rings is 1. The minimum absolute atomic E-state index is 0.194. The molecular weight excluding hydrogens is 226 g/mol. The van der Waals surface area contributed by atoms with Gasteiger partial charge in [0.1, 0.15) is 0 Å². The fraction of sp³-hybridized carbons (Fsp3) is 0.643. The minimum atomic E-state index is -0.194. The number of pyridine rings is 1. The van der Waals surface area contributed by atoms with Crippen LogP contribution in [0, 0.1) is 6.92 Å². The van der Waals surface area contributed by atoms with Gasteiger partial charge in [0.05, 0.1) is 16.9 Å². The van der Waals surface area contributed by atoms with E-state index in [1.54, 1.807) is 0 Å². The number of rotatable bonds is 1. The van der Waals surface area contributed by atoms with Gasteiger partial charge in [-0.15, -0.1) is 0 Å². The molecule has 0 aliphatic carbocycles. The van der Waals surface area contributed by atoms with Crippen LogP contribution >= 0.6 is 0 Å². The number of ether oxygens (including phenoxy) is 1. The number of hydrogen-bond acceptors (Lipinski definition) is 4. The Kier molecular flexibility index (Phi) is 3.01. The van der Waals surface area contributed by atoms with Crippen LogP contribution in [0.4, 0.5) is 11.5 Å². The molecule has 1 fully saturated rings. The zero-order chi connectivity index (χ0) is 13.6. The van der Waals surface area contributed by atoms with Gasteiger partial charge in [0, 0.05) is 19.3 Å². The maximum Gasteiger partial charge on any atom is 0.151 e. The van der Waals surface area contributed by atoms with Gasteiger partial charge in [0.25, 0.3) is 0 Å². The second-order valence-electron chi connectivity index (χ2n) is 6.40. The van der Waals surface area contributed by atoms with E-state index in [4.69, 9.17) is 10.5 Å². The zero-order valence-electron chi connectivity index (χ0n) is 11.9. The third-order valence-corrected chi connectivity index (χ3v) is 3.03. The molecule has 2 rings (SSSR count). The van der Waals surface area contributed by atoms with E-state index in [1.807, 2.05) is 19.2 Å². The van der Waals surface area contributed by atoms with Crippen LogP contribution in [0.5, 0.6) is 0 Å². The van der Waals surface area contributed by atoms with Gasteiger partial charge < -0.3 is 15.4 Å². The molecule has 1 aromatic heterocycles. The van der Waals surface area contributed by atoms with Crippen molar-refractivity contribution in [2.24, 2.45) is 0 Å². The molecule has 1 aliphatic heterocycles. The van der Waals surface area contributed by atoms with Crippen LogP contribution in [-0.4, -0.2) is 29.3 Å². The summed E-state index contributed by atoms with van der Waals surface area (Å²) in [6.07, 6.45) is 1.86. The number of nitrogens with zero attached hydrogens (tertiary/aromatic N) is 2. The molecule has 0 radical (unpaired) electrons. The Morgan fingerprint density at radius 1 is 1.22 bits per heavy atom. The van der Waals surface area contributed by atoms with Gasteiger partial charge >= 0.3 is 0 Å². The molecule has 1 aromatic rings. The van der Waals surface area contributed by atoms with E-state index in [0.717, 1.165) is 30.2 Å². The van der Waals surface area contributed by atoms with Gasteiger partial charge in [-0.1, -0.05) is 0 Å². The highest BCUT2D eigenvalue weighted by Crippen LogP contribution is 2.32. The fourth-order valence-electron chi connectivity index (χ4n) is 2.79. The van der Waals surface area contributed by atoms with Crippen molar-refractivity contribution in [2.75, 3.05) is 23.7 Å². The van der Waals surface area contributed by atoms with Crippen molar-refractivity contribution in [3.63, 3.8) is 0 Å². The predicted molar refractivity (Wildman–Crippen MR) is 74.8 cm³/mol. The third-order valence-electron chi connectivity index (χ3n) is 3.03. The van der Waals surface area contributed by atoms with Gasteiger partial charge in [-0.3, -0.25) is 0 Å². The lowest BCUT2D eigenvalue weighted by atomic mass is 9.99. The van der Waals surface area contributed by atoms with E-state index < -0.39 is 0 Å². The van der Waals surface area contributed by atoms with E-state index in [2.05, 4.69) is 37.6 Å². The van der Waals surface area contributed by atoms with E-state index in [-0.39, 0.29) is 11.2 Å². The van der Waals surface area contributed by atoms with E-state index in [0.29, 0.717) is 0 Å². The van der Waals surface area contributed by atoms with Crippen LogP contribution in [0.25, 0.3) is 0 Å². The maximum atomic E-state index is 6.08. The normalized spacial score (nSPS) is 21.9.